The summed E-state index contributed by atoms with van der Waals surface area (Å²) in [7, 11) is 0. The summed E-state index contributed by atoms with van der Waals surface area (Å²) in [6, 6.07) is 34.7. The number of fused-ring (bicyclic) bond motifs is 12. The van der Waals surface area contributed by atoms with E-state index in [0.29, 0.717) is 5.92 Å². The van der Waals surface area contributed by atoms with Gasteiger partial charge in [0.1, 0.15) is 0 Å². The molecule has 5 aliphatic carbocycles. The van der Waals surface area contributed by atoms with Gasteiger partial charge >= 0.3 is 0 Å². The van der Waals surface area contributed by atoms with Crippen LogP contribution in [-0.2, 0) is 43.3 Å². The van der Waals surface area contributed by atoms with Gasteiger partial charge in [0, 0.05) is 43.9 Å². The first-order valence-corrected chi connectivity index (χ1v) is 32.1. The Balaban J connectivity index is 1.14. The van der Waals surface area contributed by atoms with Gasteiger partial charge < -0.3 is 9.80 Å². The van der Waals surface area contributed by atoms with Gasteiger partial charge in [0.2, 0.25) is 0 Å². The second-order valence-corrected chi connectivity index (χ2v) is 33.3. The molecule has 410 valence electrons. The number of hydrogen-bond donors (Lipinski definition) is 0. The molecule has 0 unspecified atom stereocenters. The third-order valence-electron chi connectivity index (χ3n) is 23.2. The van der Waals surface area contributed by atoms with Gasteiger partial charge in [-0.25, -0.2) is 0 Å². The zero-order valence-corrected chi connectivity index (χ0v) is 52.5. The SMILES string of the molecule is Cc1cc2c(cc1N1c3cc(C4CCCCC4)cc4c3B(c3cc5c(cc3N4c3ccc4c(c3)C(C)(C)CCC4(C)C)C(C)(C)CCC5(C)C)c3ccc4c(sc5cc6c(cc54)C(C)(C)CCC6(C)C)c31)C(C)(C)CCC2(C)C. The van der Waals surface area contributed by atoms with Crippen LogP contribution < -0.4 is 26.2 Å². The van der Waals surface area contributed by atoms with Crippen LogP contribution in [0.1, 0.15) is 256 Å². The molecular weight excluding hydrogens is 972 g/mol. The molecule has 0 bridgehead atoms. The lowest BCUT2D eigenvalue weighted by molar-refractivity contribution is 0.332. The number of nitrogens with zero attached hydrogens (tertiary/aromatic N) is 2. The number of thiophene rings is 1. The summed E-state index contributed by atoms with van der Waals surface area (Å²) in [6.45, 7) is 42.7. The number of anilines is 6. The van der Waals surface area contributed by atoms with E-state index in [9.17, 15) is 0 Å². The first-order valence-electron chi connectivity index (χ1n) is 31.3. The highest BCUT2D eigenvalue weighted by atomic mass is 32.1. The van der Waals surface area contributed by atoms with E-state index in [2.05, 4.69) is 218 Å². The molecule has 0 spiro atoms. The molecular formula is C75H91BN2S. The van der Waals surface area contributed by atoms with Gasteiger partial charge in [0.05, 0.1) is 10.4 Å². The monoisotopic (exact) mass is 1060 g/mol. The lowest BCUT2D eigenvalue weighted by Gasteiger charge is -2.48. The van der Waals surface area contributed by atoms with Crippen molar-refractivity contribution in [2.75, 3.05) is 9.80 Å². The first-order chi connectivity index (χ1) is 37.0. The highest BCUT2D eigenvalue weighted by Crippen LogP contribution is 2.58. The van der Waals surface area contributed by atoms with Crippen molar-refractivity contribution in [3.63, 3.8) is 0 Å². The maximum Gasteiger partial charge on any atom is 0.252 e. The average molecular weight is 1060 g/mol. The fourth-order valence-electron chi connectivity index (χ4n) is 17.3. The Morgan fingerprint density at radius 2 is 0.873 bits per heavy atom. The van der Waals surface area contributed by atoms with Crippen molar-refractivity contribution in [1.82, 2.24) is 0 Å². The molecule has 0 N–H and O–H groups in total. The maximum atomic E-state index is 2.89. The highest BCUT2D eigenvalue weighted by molar-refractivity contribution is 7.26. The summed E-state index contributed by atoms with van der Waals surface area (Å²) in [5.74, 6) is 0.522. The predicted octanol–water partition coefficient (Wildman–Crippen LogP) is 19.9. The number of rotatable bonds is 3. The van der Waals surface area contributed by atoms with Crippen LogP contribution >= 0.6 is 11.3 Å². The van der Waals surface area contributed by atoms with Crippen LogP contribution in [0.5, 0.6) is 0 Å². The summed E-state index contributed by atoms with van der Waals surface area (Å²) in [4.78, 5) is 5.72. The summed E-state index contributed by atoms with van der Waals surface area (Å²) in [5.41, 5.74) is 28.8. The standard InChI is InChI=1S/C75H91BN2S/c1-44-35-51-55(73(12,13)32-29-69(51,4)5)41-60(44)78-63-37-46(45-21-19-18-20-22-45)36-62-65(63)76(58-26-24-48-49-39-53-57(43-64(49)79-67(48)66(58)78)75(16,17)34-30-71(53,8)9)59-40-54-56(74(14,15)33-31-72(54,10)11)42-61(59)77(62)47-23-25-50-52(38-47)70(6,7)28-27-68(50,2)3/h23-26,35-43,45H,18-22,27-34H2,1-17H3. The van der Waals surface area contributed by atoms with Crippen molar-refractivity contribution in [2.45, 2.75) is 250 Å². The van der Waals surface area contributed by atoms with Crippen molar-refractivity contribution >= 4 is 88.7 Å². The minimum Gasteiger partial charge on any atom is -0.311 e. The molecule has 2 nitrogen and oxygen atoms in total. The largest absolute Gasteiger partial charge is 0.311 e. The van der Waals surface area contributed by atoms with Crippen molar-refractivity contribution in [1.29, 1.82) is 0 Å². The minimum absolute atomic E-state index is 0.0519. The zero-order chi connectivity index (χ0) is 55.7. The Bertz CT molecular complexity index is 3770. The molecule has 0 saturated heterocycles. The lowest BCUT2D eigenvalue weighted by Crippen LogP contribution is -2.62. The first kappa shape index (κ1) is 52.3. The molecule has 1 aromatic heterocycles. The molecule has 2 aliphatic heterocycles. The molecule has 1 fully saturated rings. The quantitative estimate of drug-likeness (QED) is 0.163. The van der Waals surface area contributed by atoms with E-state index in [1.165, 1.54) is 182 Å². The van der Waals surface area contributed by atoms with Gasteiger partial charge in [-0.1, -0.05) is 160 Å². The number of hydrogen-bond acceptors (Lipinski definition) is 3. The van der Waals surface area contributed by atoms with E-state index >= 15 is 0 Å². The molecule has 1 saturated carbocycles. The summed E-state index contributed by atoms with van der Waals surface area (Å²) >= 11 is 2.09. The fraction of sp³-hybridized carbons (Fsp3) is 0.520. The Morgan fingerprint density at radius 1 is 0.405 bits per heavy atom. The van der Waals surface area contributed by atoms with Crippen LogP contribution in [0.4, 0.5) is 34.1 Å². The van der Waals surface area contributed by atoms with Gasteiger partial charge in [-0.3, -0.25) is 0 Å². The van der Waals surface area contributed by atoms with E-state index < -0.39 is 0 Å². The third-order valence-corrected chi connectivity index (χ3v) is 24.4. The van der Waals surface area contributed by atoms with Crippen LogP contribution in [0.2, 0.25) is 0 Å². The molecule has 7 aliphatic rings. The minimum atomic E-state index is 0.0519. The zero-order valence-electron chi connectivity index (χ0n) is 51.7. The van der Waals surface area contributed by atoms with Crippen LogP contribution in [0, 0.1) is 6.92 Å². The van der Waals surface area contributed by atoms with E-state index in [4.69, 9.17) is 0 Å². The summed E-state index contributed by atoms with van der Waals surface area (Å²) in [6.07, 6.45) is 16.1. The number of aryl methyl sites for hydroxylation is 1. The average Bonchev–Trinajstić information content (AvgIpc) is 4.02. The van der Waals surface area contributed by atoms with Gasteiger partial charge in [0.25, 0.3) is 6.71 Å². The van der Waals surface area contributed by atoms with Crippen LogP contribution in [0.3, 0.4) is 0 Å². The second kappa shape index (κ2) is 16.7. The van der Waals surface area contributed by atoms with E-state index in [1.54, 1.807) is 27.8 Å². The van der Waals surface area contributed by atoms with Gasteiger partial charge in [-0.15, -0.1) is 11.3 Å². The molecule has 14 rings (SSSR count). The molecule has 3 heterocycles. The molecule has 79 heavy (non-hydrogen) atoms. The number of benzene rings is 6. The van der Waals surface area contributed by atoms with Crippen molar-refractivity contribution in [2.24, 2.45) is 0 Å². The Kier molecular flexibility index (Phi) is 11.0. The van der Waals surface area contributed by atoms with Crippen molar-refractivity contribution < 1.29 is 0 Å². The molecule has 0 radical (unpaired) electrons. The van der Waals surface area contributed by atoms with E-state index in [0.717, 1.165) is 0 Å². The Morgan fingerprint density at radius 3 is 1.44 bits per heavy atom. The maximum absolute atomic E-state index is 2.89. The van der Waals surface area contributed by atoms with Crippen molar-refractivity contribution in [3.8, 4) is 0 Å². The summed E-state index contributed by atoms with van der Waals surface area (Å²) < 4.78 is 2.88. The van der Waals surface area contributed by atoms with E-state index in [1.807, 2.05) is 0 Å². The van der Waals surface area contributed by atoms with Gasteiger partial charge in [0.15, 0.2) is 0 Å². The summed E-state index contributed by atoms with van der Waals surface area (Å²) in [5, 5.41) is 2.85. The molecule has 7 aromatic rings. The third kappa shape index (κ3) is 7.59. The van der Waals surface area contributed by atoms with Crippen molar-refractivity contribution in [3.05, 3.63) is 134 Å². The fourth-order valence-corrected chi connectivity index (χ4v) is 18.6. The highest BCUT2D eigenvalue weighted by Gasteiger charge is 2.50. The van der Waals surface area contributed by atoms with Crippen LogP contribution in [-0.4, -0.2) is 6.71 Å². The Labute approximate surface area is 480 Å². The van der Waals surface area contributed by atoms with Crippen LogP contribution in [0.15, 0.2) is 78.9 Å². The second-order valence-electron chi connectivity index (χ2n) is 32.2. The lowest BCUT2D eigenvalue weighted by atomic mass is 9.33. The molecule has 6 aromatic carbocycles. The normalized spacial score (nSPS) is 23.0. The Hall–Kier alpha value is -4.80. The molecule has 0 atom stereocenters. The van der Waals surface area contributed by atoms with Crippen LogP contribution in [0.25, 0.3) is 20.2 Å². The molecule has 0 amide bonds. The van der Waals surface area contributed by atoms with Gasteiger partial charge in [-0.2, -0.15) is 0 Å². The van der Waals surface area contributed by atoms with E-state index in [-0.39, 0.29) is 50.0 Å². The molecule has 4 heteroatoms. The predicted molar refractivity (Wildman–Crippen MR) is 345 cm³/mol. The topological polar surface area (TPSA) is 6.48 Å². The smallest absolute Gasteiger partial charge is 0.252 e. The van der Waals surface area contributed by atoms with Gasteiger partial charge in [-0.05, 0) is 241 Å².